The first kappa shape index (κ1) is 11.1. The minimum atomic E-state index is 0.362. The van der Waals surface area contributed by atoms with E-state index in [9.17, 15) is 0 Å². The van der Waals surface area contributed by atoms with Gasteiger partial charge in [-0.1, -0.05) is 19.0 Å². The average Bonchev–Trinajstić information content (AvgIpc) is 2.83. The van der Waals surface area contributed by atoms with Crippen LogP contribution in [0, 0.1) is 6.92 Å². The van der Waals surface area contributed by atoms with Gasteiger partial charge in [0.25, 0.3) is 0 Å². The van der Waals surface area contributed by atoms with Crippen LogP contribution in [0.1, 0.15) is 37.0 Å². The molecular weight excluding hydrogens is 224 g/mol. The minimum absolute atomic E-state index is 0.362. The van der Waals surface area contributed by atoms with Crippen LogP contribution < -0.4 is 5.32 Å². The molecule has 0 fully saturated rings. The van der Waals surface area contributed by atoms with Gasteiger partial charge in [-0.25, -0.2) is 4.98 Å². The molecule has 0 radical (unpaired) electrons. The summed E-state index contributed by atoms with van der Waals surface area (Å²) in [5.41, 5.74) is 0.874. The second-order valence-corrected chi connectivity index (χ2v) is 4.65. The van der Waals surface area contributed by atoms with Crippen molar-refractivity contribution in [1.29, 1.82) is 0 Å². The molecule has 0 atom stereocenters. The van der Waals surface area contributed by atoms with Crippen LogP contribution in [-0.4, -0.2) is 14.5 Å². The van der Waals surface area contributed by atoms with E-state index in [0.29, 0.717) is 12.5 Å². The van der Waals surface area contributed by atoms with Crippen LogP contribution in [0.4, 0.5) is 5.13 Å². The molecule has 2 heterocycles. The Balaban J connectivity index is 1.94. The molecule has 5 nitrogen and oxygen atoms in total. The molecule has 0 spiro atoms. The second-order valence-electron chi connectivity index (χ2n) is 3.89. The molecule has 0 aromatic carbocycles. The third-order valence-corrected chi connectivity index (χ3v) is 2.74. The van der Waals surface area contributed by atoms with Gasteiger partial charge in [-0.15, -0.1) is 0 Å². The lowest BCUT2D eigenvalue weighted by molar-refractivity contribution is 0.391. The highest BCUT2D eigenvalue weighted by molar-refractivity contribution is 7.09. The molecule has 86 valence electrons. The highest BCUT2D eigenvalue weighted by Crippen LogP contribution is 2.17. The number of nitrogens with zero attached hydrogens (tertiary/aromatic N) is 3. The summed E-state index contributed by atoms with van der Waals surface area (Å²) in [6.45, 7) is 6.64. The topological polar surface area (TPSA) is 63.8 Å². The van der Waals surface area contributed by atoms with Gasteiger partial charge in [-0.2, -0.15) is 4.37 Å². The SMILES string of the molecule is Cc1cc(CNc2nc(C(C)C)ns2)no1. The van der Waals surface area contributed by atoms with E-state index in [1.165, 1.54) is 11.5 Å². The van der Waals surface area contributed by atoms with Crippen molar-refractivity contribution in [2.45, 2.75) is 33.2 Å². The van der Waals surface area contributed by atoms with Crippen LogP contribution in [0.3, 0.4) is 0 Å². The zero-order valence-corrected chi connectivity index (χ0v) is 10.3. The lowest BCUT2D eigenvalue weighted by Gasteiger charge is -1.97. The number of hydrogen-bond donors (Lipinski definition) is 1. The average molecular weight is 238 g/mol. The van der Waals surface area contributed by atoms with E-state index < -0.39 is 0 Å². The highest BCUT2D eigenvalue weighted by Gasteiger charge is 2.07. The predicted molar refractivity (Wildman–Crippen MR) is 62.6 cm³/mol. The number of hydrogen-bond acceptors (Lipinski definition) is 6. The van der Waals surface area contributed by atoms with Gasteiger partial charge >= 0.3 is 0 Å². The van der Waals surface area contributed by atoms with Crippen molar-refractivity contribution in [3.8, 4) is 0 Å². The standard InChI is InChI=1S/C10H14N4OS/c1-6(2)9-12-10(16-14-9)11-5-8-4-7(3)15-13-8/h4,6H,5H2,1-3H3,(H,11,12,14). The summed E-state index contributed by atoms with van der Waals surface area (Å²) < 4.78 is 9.23. The summed E-state index contributed by atoms with van der Waals surface area (Å²) in [5.74, 6) is 2.06. The molecule has 0 bridgehead atoms. The van der Waals surface area contributed by atoms with Crippen molar-refractivity contribution >= 4 is 16.7 Å². The monoisotopic (exact) mass is 238 g/mol. The van der Waals surface area contributed by atoms with Crippen molar-refractivity contribution in [1.82, 2.24) is 14.5 Å². The van der Waals surface area contributed by atoms with Crippen molar-refractivity contribution in [3.05, 3.63) is 23.3 Å². The van der Waals surface area contributed by atoms with E-state index in [1.54, 1.807) is 0 Å². The van der Waals surface area contributed by atoms with Crippen LogP contribution in [0.15, 0.2) is 10.6 Å². The summed E-state index contributed by atoms with van der Waals surface area (Å²) in [6.07, 6.45) is 0. The molecule has 2 aromatic rings. The van der Waals surface area contributed by atoms with E-state index in [2.05, 4.69) is 33.7 Å². The Morgan fingerprint density at radius 3 is 2.88 bits per heavy atom. The van der Waals surface area contributed by atoms with Crippen molar-refractivity contribution in [2.75, 3.05) is 5.32 Å². The summed E-state index contributed by atoms with van der Waals surface area (Å²) >= 11 is 1.37. The lowest BCUT2D eigenvalue weighted by atomic mass is 10.2. The molecule has 0 aliphatic carbocycles. The minimum Gasteiger partial charge on any atom is -0.361 e. The van der Waals surface area contributed by atoms with Gasteiger partial charge in [0.2, 0.25) is 5.13 Å². The molecular formula is C10H14N4OS. The van der Waals surface area contributed by atoms with E-state index in [4.69, 9.17) is 4.52 Å². The van der Waals surface area contributed by atoms with Crippen LogP contribution in [0.2, 0.25) is 0 Å². The first-order valence-corrected chi connectivity index (χ1v) is 5.92. The zero-order chi connectivity index (χ0) is 11.5. The zero-order valence-electron chi connectivity index (χ0n) is 9.52. The fourth-order valence-corrected chi connectivity index (χ4v) is 1.91. The smallest absolute Gasteiger partial charge is 0.202 e. The lowest BCUT2D eigenvalue weighted by Crippen LogP contribution is -1.99. The Morgan fingerprint density at radius 1 is 1.50 bits per heavy atom. The number of aryl methyl sites for hydroxylation is 1. The molecule has 0 unspecified atom stereocenters. The molecule has 16 heavy (non-hydrogen) atoms. The Bertz CT molecular complexity index is 463. The maximum Gasteiger partial charge on any atom is 0.202 e. The molecule has 1 N–H and O–H groups in total. The third-order valence-electron chi connectivity index (χ3n) is 2.06. The fourth-order valence-electron chi connectivity index (χ4n) is 1.21. The van der Waals surface area contributed by atoms with Crippen LogP contribution in [0.25, 0.3) is 0 Å². The molecule has 6 heteroatoms. The van der Waals surface area contributed by atoms with Gasteiger partial charge in [0.1, 0.15) is 17.3 Å². The quantitative estimate of drug-likeness (QED) is 0.886. The van der Waals surface area contributed by atoms with Crippen LogP contribution in [-0.2, 0) is 6.54 Å². The summed E-state index contributed by atoms with van der Waals surface area (Å²) in [7, 11) is 0. The van der Waals surface area contributed by atoms with Crippen molar-refractivity contribution in [3.63, 3.8) is 0 Å². The van der Waals surface area contributed by atoms with E-state index in [1.807, 2.05) is 13.0 Å². The van der Waals surface area contributed by atoms with Gasteiger partial charge in [0.05, 0.1) is 6.54 Å². The van der Waals surface area contributed by atoms with Gasteiger partial charge in [0.15, 0.2) is 0 Å². The Kier molecular flexibility index (Phi) is 3.19. The van der Waals surface area contributed by atoms with Crippen LogP contribution in [0.5, 0.6) is 0 Å². The molecule has 0 aliphatic rings. The van der Waals surface area contributed by atoms with E-state index in [-0.39, 0.29) is 0 Å². The first-order chi connectivity index (χ1) is 7.65. The normalized spacial score (nSPS) is 11.0. The molecule has 2 aromatic heterocycles. The Labute approximate surface area is 98.0 Å². The van der Waals surface area contributed by atoms with Crippen molar-refractivity contribution in [2.24, 2.45) is 0 Å². The number of nitrogens with one attached hydrogen (secondary N) is 1. The number of anilines is 1. The van der Waals surface area contributed by atoms with E-state index in [0.717, 1.165) is 22.4 Å². The van der Waals surface area contributed by atoms with Gasteiger partial charge in [-0.05, 0) is 6.92 Å². The maximum absolute atomic E-state index is 4.97. The summed E-state index contributed by atoms with van der Waals surface area (Å²) in [6, 6.07) is 1.90. The molecule has 0 aliphatic heterocycles. The van der Waals surface area contributed by atoms with Crippen LogP contribution >= 0.6 is 11.5 Å². The Hall–Kier alpha value is -1.43. The predicted octanol–water partition coefficient (Wildman–Crippen LogP) is 2.57. The van der Waals surface area contributed by atoms with Gasteiger partial charge in [-0.3, -0.25) is 0 Å². The fraction of sp³-hybridized carbons (Fsp3) is 0.500. The number of rotatable bonds is 4. The first-order valence-electron chi connectivity index (χ1n) is 5.15. The van der Waals surface area contributed by atoms with E-state index >= 15 is 0 Å². The molecule has 0 saturated carbocycles. The summed E-state index contributed by atoms with van der Waals surface area (Å²) in [4.78, 5) is 4.37. The number of aromatic nitrogens is 3. The third kappa shape index (κ3) is 2.57. The maximum atomic E-state index is 4.97. The Morgan fingerprint density at radius 2 is 2.31 bits per heavy atom. The highest BCUT2D eigenvalue weighted by atomic mass is 32.1. The van der Waals surface area contributed by atoms with Gasteiger partial charge in [0, 0.05) is 23.5 Å². The molecule has 0 amide bonds. The second kappa shape index (κ2) is 4.61. The van der Waals surface area contributed by atoms with Gasteiger partial charge < -0.3 is 9.84 Å². The van der Waals surface area contributed by atoms with Crippen molar-refractivity contribution < 1.29 is 4.52 Å². The molecule has 2 rings (SSSR count). The largest absolute Gasteiger partial charge is 0.361 e. The summed E-state index contributed by atoms with van der Waals surface area (Å²) in [5, 5.41) is 7.89. The molecule has 0 saturated heterocycles.